The molecule has 8 nitrogen and oxygen atoms in total. The zero-order valence-corrected chi connectivity index (χ0v) is 19.0. The lowest BCUT2D eigenvalue weighted by atomic mass is 10.0. The molecule has 33 heavy (non-hydrogen) atoms. The fourth-order valence-corrected chi connectivity index (χ4v) is 4.30. The van der Waals surface area contributed by atoms with Crippen molar-refractivity contribution >= 4 is 16.9 Å². The lowest BCUT2D eigenvalue weighted by Gasteiger charge is -2.35. The van der Waals surface area contributed by atoms with Crippen LogP contribution in [-0.2, 0) is 0 Å². The number of β-amino-alcohol motifs (C(OH)–C–C–N with tert-alkyl or cyclic N) is 1. The van der Waals surface area contributed by atoms with Crippen LogP contribution in [0.1, 0.15) is 50.0 Å². The maximum atomic E-state index is 14.7. The Morgan fingerprint density at radius 3 is 2.64 bits per heavy atom. The minimum Gasteiger partial charge on any atom is -0.389 e. The van der Waals surface area contributed by atoms with Gasteiger partial charge in [-0.05, 0) is 51.8 Å². The van der Waals surface area contributed by atoms with Gasteiger partial charge >= 0.3 is 0 Å². The monoisotopic (exact) mass is 458 g/mol. The van der Waals surface area contributed by atoms with Crippen molar-refractivity contribution in [2.75, 3.05) is 26.2 Å². The van der Waals surface area contributed by atoms with Crippen molar-refractivity contribution in [2.45, 2.75) is 45.3 Å². The number of hydrogen-bond acceptors (Lipinski definition) is 6. The minimum atomic E-state index is -1.21. The summed E-state index contributed by atoms with van der Waals surface area (Å²) in [6, 6.07) is 4.32. The third-order valence-corrected chi connectivity index (χ3v) is 5.81. The quantitative estimate of drug-likeness (QED) is 0.590. The first-order valence-electron chi connectivity index (χ1n) is 11.1. The number of nitrogens with one attached hydrogen (secondary N) is 1. The van der Waals surface area contributed by atoms with E-state index in [9.17, 15) is 18.7 Å². The van der Waals surface area contributed by atoms with E-state index < -0.39 is 23.1 Å². The van der Waals surface area contributed by atoms with Gasteiger partial charge in [0.2, 0.25) is 0 Å². The summed E-state index contributed by atoms with van der Waals surface area (Å²) < 4.78 is 31.1. The number of nitrogens with zero attached hydrogens (tertiary/aromatic N) is 5. The van der Waals surface area contributed by atoms with E-state index in [-0.39, 0.29) is 22.9 Å². The average Bonchev–Trinajstić information content (AvgIpc) is 3.18. The zero-order valence-electron chi connectivity index (χ0n) is 19.0. The molecule has 2 N–H and O–H groups in total. The van der Waals surface area contributed by atoms with Gasteiger partial charge in [0.1, 0.15) is 11.0 Å². The summed E-state index contributed by atoms with van der Waals surface area (Å²) in [7, 11) is 0. The number of aromatic nitrogens is 4. The topological polar surface area (TPSA) is 96.2 Å². The van der Waals surface area contributed by atoms with Crippen molar-refractivity contribution in [1.82, 2.24) is 30.2 Å². The summed E-state index contributed by atoms with van der Waals surface area (Å²) in [5, 5.41) is 21.0. The van der Waals surface area contributed by atoms with E-state index >= 15 is 0 Å². The van der Waals surface area contributed by atoms with Crippen LogP contribution in [0, 0.1) is 11.6 Å². The first-order valence-corrected chi connectivity index (χ1v) is 11.1. The summed E-state index contributed by atoms with van der Waals surface area (Å²) in [4.78, 5) is 18.5. The molecule has 10 heteroatoms. The number of benzene rings is 1. The van der Waals surface area contributed by atoms with Crippen LogP contribution < -0.4 is 5.32 Å². The Bertz CT molecular complexity index is 1170. The Morgan fingerprint density at radius 2 is 1.97 bits per heavy atom. The van der Waals surface area contributed by atoms with E-state index in [1.165, 1.54) is 12.1 Å². The maximum absolute atomic E-state index is 14.7. The Morgan fingerprint density at radius 1 is 1.24 bits per heavy atom. The van der Waals surface area contributed by atoms with Gasteiger partial charge in [0.05, 0.1) is 29.1 Å². The van der Waals surface area contributed by atoms with Crippen molar-refractivity contribution in [3.63, 3.8) is 0 Å². The fraction of sp³-hybridized carbons (Fsp3) is 0.478. The predicted molar refractivity (Wildman–Crippen MR) is 120 cm³/mol. The number of carbonyl (C=O) groups excluding carboxylic acids is 1. The second kappa shape index (κ2) is 9.11. The molecule has 176 valence electrons. The average molecular weight is 459 g/mol. The Labute approximate surface area is 190 Å². The first-order chi connectivity index (χ1) is 15.7. The third kappa shape index (κ3) is 4.86. The summed E-state index contributed by atoms with van der Waals surface area (Å²) >= 11 is 0. The molecule has 1 aliphatic heterocycles. The van der Waals surface area contributed by atoms with Crippen LogP contribution in [0.15, 0.2) is 24.4 Å². The highest BCUT2D eigenvalue weighted by molar-refractivity contribution is 5.95. The van der Waals surface area contributed by atoms with Crippen molar-refractivity contribution in [3.8, 4) is 11.3 Å². The highest BCUT2D eigenvalue weighted by atomic mass is 19.2. The van der Waals surface area contributed by atoms with E-state index in [0.717, 1.165) is 31.4 Å². The number of likely N-dealkylation sites (tertiary alicyclic amines) is 1. The number of fused-ring (bicyclic) bond motifs is 1. The summed E-state index contributed by atoms with van der Waals surface area (Å²) in [6.07, 6.45) is 3.29. The molecular formula is C23H28F2N6O2. The van der Waals surface area contributed by atoms with Crippen molar-refractivity contribution < 1.29 is 18.7 Å². The molecule has 1 fully saturated rings. The molecule has 4 rings (SSSR count). The number of pyridine rings is 1. The highest BCUT2D eigenvalue weighted by Crippen LogP contribution is 2.29. The molecule has 1 saturated heterocycles. The molecule has 3 heterocycles. The normalized spacial score (nSPS) is 15.8. The molecule has 1 amide bonds. The molecule has 0 radical (unpaired) electrons. The van der Waals surface area contributed by atoms with E-state index in [0.29, 0.717) is 18.6 Å². The number of halogens is 2. The largest absolute Gasteiger partial charge is 0.389 e. The van der Waals surface area contributed by atoms with Gasteiger partial charge in [0, 0.05) is 31.7 Å². The van der Waals surface area contributed by atoms with Crippen molar-refractivity contribution in [2.24, 2.45) is 0 Å². The van der Waals surface area contributed by atoms with Gasteiger partial charge in [-0.3, -0.25) is 9.78 Å². The van der Waals surface area contributed by atoms with Gasteiger partial charge < -0.3 is 15.3 Å². The highest BCUT2D eigenvalue weighted by Gasteiger charge is 2.27. The molecule has 2 aromatic heterocycles. The lowest BCUT2D eigenvalue weighted by Crippen LogP contribution is -2.43. The van der Waals surface area contributed by atoms with Gasteiger partial charge in [-0.2, -0.15) is 0 Å². The molecule has 0 spiro atoms. The second-order valence-electron chi connectivity index (χ2n) is 9.06. The van der Waals surface area contributed by atoms with Gasteiger partial charge in [0.25, 0.3) is 5.91 Å². The molecule has 0 saturated carbocycles. The second-order valence-corrected chi connectivity index (χ2v) is 9.06. The van der Waals surface area contributed by atoms with Crippen molar-refractivity contribution in [1.29, 1.82) is 0 Å². The fourth-order valence-electron chi connectivity index (χ4n) is 4.30. The molecule has 0 aliphatic carbocycles. The third-order valence-electron chi connectivity index (χ3n) is 5.81. The van der Waals surface area contributed by atoms with Crippen LogP contribution in [0.2, 0.25) is 0 Å². The first kappa shape index (κ1) is 23.2. The van der Waals surface area contributed by atoms with Crippen LogP contribution in [0.3, 0.4) is 0 Å². The van der Waals surface area contributed by atoms with Crippen LogP contribution in [0.5, 0.6) is 0 Å². The Balaban J connectivity index is 1.56. The Hall–Kier alpha value is -2.98. The molecular weight excluding hydrogens is 430 g/mol. The number of piperidine rings is 1. The van der Waals surface area contributed by atoms with E-state index in [4.69, 9.17) is 0 Å². The SMILES string of the molecule is CCNC(=O)c1ccc(-c2cc3nnn(C4CCN(CC(C)(C)O)CC4)c3cn2)c(F)c1F. The molecule has 1 aliphatic rings. The van der Waals surface area contributed by atoms with Crippen LogP contribution in [-0.4, -0.2) is 67.7 Å². The molecule has 3 aromatic rings. The molecule has 1 aromatic carbocycles. The number of aliphatic hydroxyl groups is 1. The number of amides is 1. The van der Waals surface area contributed by atoms with Crippen LogP contribution in [0.4, 0.5) is 8.78 Å². The summed E-state index contributed by atoms with van der Waals surface area (Å²) in [5.41, 5.74) is 0.345. The number of hydrogen-bond donors (Lipinski definition) is 2. The Kier molecular flexibility index (Phi) is 6.40. The molecule has 0 unspecified atom stereocenters. The van der Waals surface area contributed by atoms with Gasteiger partial charge in [-0.25, -0.2) is 13.5 Å². The van der Waals surface area contributed by atoms with Gasteiger partial charge in [0.15, 0.2) is 11.6 Å². The smallest absolute Gasteiger partial charge is 0.254 e. The van der Waals surface area contributed by atoms with Gasteiger partial charge in [-0.1, -0.05) is 5.21 Å². The van der Waals surface area contributed by atoms with E-state index in [1.54, 1.807) is 33.0 Å². The molecule has 0 atom stereocenters. The summed E-state index contributed by atoms with van der Waals surface area (Å²) in [5.74, 6) is -3.00. The van der Waals surface area contributed by atoms with Crippen LogP contribution in [0.25, 0.3) is 22.3 Å². The van der Waals surface area contributed by atoms with E-state index in [2.05, 4.69) is 25.5 Å². The zero-order chi connectivity index (χ0) is 23.8. The van der Waals surface area contributed by atoms with Crippen LogP contribution >= 0.6 is 0 Å². The minimum absolute atomic E-state index is 0.0445. The van der Waals surface area contributed by atoms with Crippen molar-refractivity contribution in [3.05, 3.63) is 41.6 Å². The predicted octanol–water partition coefficient (Wildman–Crippen LogP) is 2.93. The number of rotatable bonds is 6. The van der Waals surface area contributed by atoms with E-state index in [1.807, 2.05) is 4.68 Å². The standard InChI is InChI=1S/C23H28F2N6O2/c1-4-26-22(32)16-6-5-15(20(24)21(16)25)17-11-18-19(12-27-17)31(29-28-18)14-7-9-30(10-8-14)13-23(2,3)33/h5-6,11-12,14,33H,4,7-10,13H2,1-3H3,(H,26,32). The summed E-state index contributed by atoms with van der Waals surface area (Å²) in [6.45, 7) is 7.91. The lowest BCUT2D eigenvalue weighted by molar-refractivity contribution is 0.0247. The number of carbonyl (C=O) groups is 1. The molecule has 0 bridgehead atoms. The van der Waals surface area contributed by atoms with Gasteiger partial charge in [-0.15, -0.1) is 5.10 Å². The maximum Gasteiger partial charge on any atom is 0.254 e.